The van der Waals surface area contributed by atoms with Gasteiger partial charge in [0, 0.05) is 17.8 Å². The number of nitrogens with one attached hydrogen (secondary N) is 2. The number of carbonyl (C=O) groups is 2. The molecule has 6 heteroatoms. The standard InChI is InChI=1S/C16H18N2O4/c1-11-3-2-4-13(9-11)18-16(21)15(20)17-7-5-14(19)12-6-8-22-10-12/h2-4,6,8-10,14,19H,5,7H2,1H3,(H,17,20)(H,18,21). The molecule has 0 aliphatic carbocycles. The van der Waals surface area contributed by atoms with Gasteiger partial charge >= 0.3 is 11.8 Å². The highest BCUT2D eigenvalue weighted by atomic mass is 16.3. The van der Waals surface area contributed by atoms with Gasteiger partial charge in [-0.05, 0) is 37.1 Å². The van der Waals surface area contributed by atoms with Crippen LogP contribution in [-0.2, 0) is 9.59 Å². The fourth-order valence-corrected chi connectivity index (χ4v) is 1.94. The first kappa shape index (κ1) is 15.8. The summed E-state index contributed by atoms with van der Waals surface area (Å²) in [6.07, 6.45) is 2.46. The summed E-state index contributed by atoms with van der Waals surface area (Å²) < 4.78 is 4.87. The van der Waals surface area contributed by atoms with Crippen molar-refractivity contribution in [2.75, 3.05) is 11.9 Å². The van der Waals surface area contributed by atoms with E-state index < -0.39 is 17.9 Å². The fourth-order valence-electron chi connectivity index (χ4n) is 1.94. The lowest BCUT2D eigenvalue weighted by atomic mass is 10.1. The topological polar surface area (TPSA) is 91.6 Å². The molecule has 1 unspecified atom stereocenters. The summed E-state index contributed by atoms with van der Waals surface area (Å²) in [4.78, 5) is 23.4. The molecule has 2 amide bonds. The Balaban J connectivity index is 1.76. The Kier molecular flexibility index (Phi) is 5.32. The predicted octanol–water partition coefficient (Wildman–Crippen LogP) is 1.77. The van der Waals surface area contributed by atoms with Gasteiger partial charge in [-0.15, -0.1) is 0 Å². The largest absolute Gasteiger partial charge is 0.472 e. The summed E-state index contributed by atoms with van der Waals surface area (Å²) in [5, 5.41) is 14.8. The van der Waals surface area contributed by atoms with Gasteiger partial charge in [0.15, 0.2) is 0 Å². The van der Waals surface area contributed by atoms with Crippen LogP contribution in [0.3, 0.4) is 0 Å². The fraction of sp³-hybridized carbons (Fsp3) is 0.250. The third-order valence-electron chi connectivity index (χ3n) is 3.11. The number of rotatable bonds is 5. The van der Waals surface area contributed by atoms with Gasteiger partial charge in [-0.2, -0.15) is 0 Å². The van der Waals surface area contributed by atoms with Gasteiger partial charge in [-0.3, -0.25) is 9.59 Å². The van der Waals surface area contributed by atoms with Gasteiger partial charge in [0.1, 0.15) is 0 Å². The Bertz CT molecular complexity index is 637. The number of aliphatic hydroxyl groups excluding tert-OH is 1. The number of aryl methyl sites for hydroxylation is 1. The molecular formula is C16H18N2O4. The average molecular weight is 302 g/mol. The first-order valence-corrected chi connectivity index (χ1v) is 6.92. The Labute approximate surface area is 128 Å². The van der Waals surface area contributed by atoms with Crippen LogP contribution in [0, 0.1) is 6.92 Å². The quantitative estimate of drug-likeness (QED) is 0.734. The van der Waals surface area contributed by atoms with Gasteiger partial charge in [0.05, 0.1) is 18.6 Å². The van der Waals surface area contributed by atoms with Crippen LogP contribution in [0.4, 0.5) is 5.69 Å². The Hall–Kier alpha value is -2.60. The molecule has 2 aromatic rings. The molecule has 0 saturated heterocycles. The summed E-state index contributed by atoms with van der Waals surface area (Å²) >= 11 is 0. The number of amides is 2. The van der Waals surface area contributed by atoms with Crippen LogP contribution >= 0.6 is 0 Å². The van der Waals surface area contributed by atoms with E-state index in [1.807, 2.05) is 13.0 Å². The number of carbonyl (C=O) groups excluding carboxylic acids is 2. The van der Waals surface area contributed by atoms with Gasteiger partial charge < -0.3 is 20.2 Å². The summed E-state index contributed by atoms with van der Waals surface area (Å²) in [7, 11) is 0. The Morgan fingerprint density at radius 2 is 2.09 bits per heavy atom. The van der Waals surface area contributed by atoms with Crippen molar-refractivity contribution in [3.8, 4) is 0 Å². The first-order valence-electron chi connectivity index (χ1n) is 6.92. The van der Waals surface area contributed by atoms with E-state index in [2.05, 4.69) is 10.6 Å². The molecule has 1 aromatic carbocycles. The number of aliphatic hydroxyl groups is 1. The summed E-state index contributed by atoms with van der Waals surface area (Å²) in [6.45, 7) is 2.08. The SMILES string of the molecule is Cc1cccc(NC(=O)C(=O)NCCC(O)c2ccoc2)c1. The highest BCUT2D eigenvalue weighted by Gasteiger charge is 2.14. The number of hydrogen-bond acceptors (Lipinski definition) is 4. The lowest BCUT2D eigenvalue weighted by Crippen LogP contribution is -2.36. The number of benzene rings is 1. The van der Waals surface area contributed by atoms with Crippen molar-refractivity contribution in [1.82, 2.24) is 5.32 Å². The first-order chi connectivity index (χ1) is 10.6. The molecule has 0 spiro atoms. The third kappa shape index (κ3) is 4.46. The van der Waals surface area contributed by atoms with Crippen LogP contribution < -0.4 is 10.6 Å². The molecule has 0 bridgehead atoms. The van der Waals surface area contributed by atoms with E-state index in [4.69, 9.17) is 4.42 Å². The van der Waals surface area contributed by atoms with Gasteiger partial charge in [-0.25, -0.2) is 0 Å². The zero-order valence-corrected chi connectivity index (χ0v) is 12.2. The minimum atomic E-state index is -0.737. The van der Waals surface area contributed by atoms with Crippen LogP contribution in [0.15, 0.2) is 47.3 Å². The van der Waals surface area contributed by atoms with Crippen molar-refractivity contribution in [1.29, 1.82) is 0 Å². The lowest BCUT2D eigenvalue weighted by molar-refractivity contribution is -0.136. The van der Waals surface area contributed by atoms with Crippen LogP contribution in [0.2, 0.25) is 0 Å². The van der Waals surface area contributed by atoms with E-state index in [9.17, 15) is 14.7 Å². The molecule has 3 N–H and O–H groups in total. The second kappa shape index (κ2) is 7.42. The predicted molar refractivity (Wildman–Crippen MR) is 81.1 cm³/mol. The van der Waals surface area contributed by atoms with E-state index in [0.717, 1.165) is 5.56 Å². The summed E-state index contributed by atoms with van der Waals surface area (Å²) in [5.74, 6) is -1.47. The van der Waals surface area contributed by atoms with E-state index in [-0.39, 0.29) is 6.54 Å². The van der Waals surface area contributed by atoms with Crippen molar-refractivity contribution in [2.24, 2.45) is 0 Å². The second-order valence-electron chi connectivity index (χ2n) is 4.94. The van der Waals surface area contributed by atoms with Crippen LogP contribution in [0.25, 0.3) is 0 Å². The average Bonchev–Trinajstić information content (AvgIpc) is 3.01. The van der Waals surface area contributed by atoms with Crippen molar-refractivity contribution in [2.45, 2.75) is 19.4 Å². The molecule has 0 aliphatic rings. The third-order valence-corrected chi connectivity index (χ3v) is 3.11. The molecule has 0 radical (unpaired) electrons. The number of anilines is 1. The Morgan fingerprint density at radius 1 is 1.27 bits per heavy atom. The molecule has 0 saturated carbocycles. The summed E-state index contributed by atoms with van der Waals surface area (Å²) in [6, 6.07) is 8.82. The maximum atomic E-state index is 11.7. The molecule has 116 valence electrons. The molecular weight excluding hydrogens is 284 g/mol. The van der Waals surface area contributed by atoms with E-state index >= 15 is 0 Å². The van der Waals surface area contributed by atoms with Gasteiger partial charge in [0.25, 0.3) is 0 Å². The zero-order valence-electron chi connectivity index (χ0n) is 12.2. The zero-order chi connectivity index (χ0) is 15.9. The Morgan fingerprint density at radius 3 is 2.77 bits per heavy atom. The van der Waals surface area contributed by atoms with E-state index in [1.54, 1.807) is 24.3 Å². The molecule has 1 heterocycles. The molecule has 22 heavy (non-hydrogen) atoms. The highest BCUT2D eigenvalue weighted by molar-refractivity contribution is 6.39. The maximum absolute atomic E-state index is 11.7. The van der Waals surface area contributed by atoms with Crippen LogP contribution in [0.5, 0.6) is 0 Å². The van der Waals surface area contributed by atoms with Crippen molar-refractivity contribution in [3.05, 3.63) is 54.0 Å². The number of hydrogen-bond donors (Lipinski definition) is 3. The lowest BCUT2D eigenvalue weighted by Gasteiger charge is -2.10. The van der Waals surface area contributed by atoms with Gasteiger partial charge in [-0.1, -0.05) is 12.1 Å². The number of furan rings is 1. The van der Waals surface area contributed by atoms with Crippen molar-refractivity contribution < 1.29 is 19.1 Å². The van der Waals surface area contributed by atoms with E-state index in [0.29, 0.717) is 17.7 Å². The molecule has 1 aromatic heterocycles. The van der Waals surface area contributed by atoms with Gasteiger partial charge in [0.2, 0.25) is 0 Å². The maximum Gasteiger partial charge on any atom is 0.313 e. The monoisotopic (exact) mass is 302 g/mol. The molecule has 0 aliphatic heterocycles. The minimum Gasteiger partial charge on any atom is -0.472 e. The summed E-state index contributed by atoms with van der Waals surface area (Å²) in [5.41, 5.74) is 2.19. The van der Waals surface area contributed by atoms with E-state index in [1.165, 1.54) is 12.5 Å². The van der Waals surface area contributed by atoms with Crippen molar-refractivity contribution >= 4 is 17.5 Å². The minimum absolute atomic E-state index is 0.187. The molecule has 1 atom stereocenters. The smallest absolute Gasteiger partial charge is 0.313 e. The molecule has 6 nitrogen and oxygen atoms in total. The molecule has 0 fully saturated rings. The second-order valence-corrected chi connectivity index (χ2v) is 4.94. The molecule has 2 rings (SSSR count). The normalized spacial score (nSPS) is 11.7. The van der Waals surface area contributed by atoms with Crippen LogP contribution in [-0.4, -0.2) is 23.5 Å². The van der Waals surface area contributed by atoms with Crippen molar-refractivity contribution in [3.63, 3.8) is 0 Å². The van der Waals surface area contributed by atoms with Crippen LogP contribution in [0.1, 0.15) is 23.7 Å². The highest BCUT2D eigenvalue weighted by Crippen LogP contribution is 2.15.